The molecule has 1 aromatic heterocycles. The number of alkyl carbamates (subject to hydrolysis) is 1. The smallest absolute Gasteiger partial charge is 0.408 e. The molecule has 0 radical (unpaired) electrons. The van der Waals surface area contributed by atoms with Crippen LogP contribution in [0.15, 0.2) is 73.3 Å². The van der Waals surface area contributed by atoms with Crippen LogP contribution in [0.3, 0.4) is 0 Å². The molecule has 1 saturated heterocycles. The number of aromatic nitrogens is 1. The average molecular weight is 615 g/mol. The Morgan fingerprint density at radius 2 is 1.80 bits per heavy atom. The zero-order valence-corrected chi connectivity index (χ0v) is 25.8. The van der Waals surface area contributed by atoms with E-state index in [9.17, 15) is 24.3 Å². The molecule has 2 fully saturated rings. The fraction of sp³-hybridized carbons (Fsp3) is 0.382. The molecule has 0 bridgehead atoms. The van der Waals surface area contributed by atoms with Gasteiger partial charge in [-0.25, -0.2) is 14.6 Å². The number of fused-ring (bicyclic) bond motifs is 1. The number of benzene rings is 2. The predicted octanol–water partition coefficient (Wildman–Crippen LogP) is 4.31. The van der Waals surface area contributed by atoms with Gasteiger partial charge >= 0.3 is 12.1 Å². The second-order valence-corrected chi connectivity index (χ2v) is 12.6. The van der Waals surface area contributed by atoms with Crippen LogP contribution >= 0.6 is 0 Å². The molecule has 5 rings (SSSR count). The maximum absolute atomic E-state index is 13.7. The van der Waals surface area contributed by atoms with Crippen LogP contribution in [0.25, 0.3) is 22.2 Å². The summed E-state index contributed by atoms with van der Waals surface area (Å²) in [4.78, 5) is 58.1. The second-order valence-electron chi connectivity index (χ2n) is 12.6. The van der Waals surface area contributed by atoms with Gasteiger partial charge in [-0.2, -0.15) is 0 Å². The van der Waals surface area contributed by atoms with Gasteiger partial charge in [0, 0.05) is 29.4 Å². The van der Waals surface area contributed by atoms with E-state index in [-0.39, 0.29) is 19.4 Å². The predicted molar refractivity (Wildman–Crippen MR) is 167 cm³/mol. The summed E-state index contributed by atoms with van der Waals surface area (Å²) >= 11 is 0. The van der Waals surface area contributed by atoms with Gasteiger partial charge in [0.2, 0.25) is 11.8 Å². The van der Waals surface area contributed by atoms with E-state index in [1.54, 1.807) is 20.8 Å². The summed E-state index contributed by atoms with van der Waals surface area (Å²) in [6, 6.07) is 16.9. The first-order valence-corrected chi connectivity index (χ1v) is 14.9. The molecule has 3 amide bonds. The van der Waals surface area contributed by atoms with Gasteiger partial charge in [-0.05, 0) is 46.2 Å². The summed E-state index contributed by atoms with van der Waals surface area (Å²) in [5.74, 6) is -2.20. The average Bonchev–Trinajstić information content (AvgIpc) is 3.56. The second kappa shape index (κ2) is 12.2. The van der Waals surface area contributed by atoms with Crippen LogP contribution in [0.2, 0.25) is 0 Å². The quantitative estimate of drug-likeness (QED) is 0.302. The fourth-order valence-electron chi connectivity index (χ4n) is 5.67. The highest BCUT2D eigenvalue weighted by molar-refractivity contribution is 5.96. The monoisotopic (exact) mass is 614 g/mol. The van der Waals surface area contributed by atoms with E-state index in [2.05, 4.69) is 17.2 Å². The number of carbonyl (C=O) groups excluding carboxylic acids is 3. The summed E-state index contributed by atoms with van der Waals surface area (Å²) in [7, 11) is 0. The number of carboxylic acid groups (broad SMARTS) is 1. The fourth-order valence-corrected chi connectivity index (χ4v) is 5.67. The lowest BCUT2D eigenvalue weighted by Gasteiger charge is -2.28. The highest BCUT2D eigenvalue weighted by Gasteiger charge is 2.61. The summed E-state index contributed by atoms with van der Waals surface area (Å²) in [6.45, 7) is 10.3. The number of rotatable bonds is 9. The number of carbonyl (C=O) groups is 4. The number of likely N-dealkylation sites (tertiary alicyclic amines) is 1. The van der Waals surface area contributed by atoms with E-state index in [1.165, 1.54) is 17.9 Å². The third-order valence-electron chi connectivity index (χ3n) is 8.02. The Kier molecular flexibility index (Phi) is 8.55. The van der Waals surface area contributed by atoms with E-state index in [1.807, 2.05) is 60.7 Å². The Balaban J connectivity index is 1.43. The van der Waals surface area contributed by atoms with Crippen molar-refractivity contribution in [2.45, 2.75) is 69.9 Å². The molecule has 2 aromatic carbocycles. The summed E-state index contributed by atoms with van der Waals surface area (Å²) in [5, 5.41) is 15.9. The summed E-state index contributed by atoms with van der Waals surface area (Å²) in [5.41, 5.74) is 0.0730. The molecule has 2 aliphatic rings. The van der Waals surface area contributed by atoms with E-state index >= 15 is 0 Å². The third kappa shape index (κ3) is 6.77. The van der Waals surface area contributed by atoms with Crippen molar-refractivity contribution in [3.05, 3.63) is 73.3 Å². The number of hydrogen-bond donors (Lipinski definition) is 3. The lowest BCUT2D eigenvalue weighted by Crippen LogP contribution is -2.56. The van der Waals surface area contributed by atoms with Crippen molar-refractivity contribution >= 4 is 34.8 Å². The molecule has 1 aliphatic carbocycles. The molecule has 1 saturated carbocycles. The minimum atomic E-state index is -1.47. The van der Waals surface area contributed by atoms with Crippen LogP contribution in [0.1, 0.15) is 40.5 Å². The number of aliphatic carboxylic acids is 1. The minimum Gasteiger partial charge on any atom is -0.488 e. The molecule has 5 atom stereocenters. The molecule has 1 aliphatic heterocycles. The third-order valence-corrected chi connectivity index (χ3v) is 8.02. The zero-order valence-electron chi connectivity index (χ0n) is 25.8. The molecule has 0 spiro atoms. The van der Waals surface area contributed by atoms with Crippen LogP contribution in [-0.4, -0.2) is 74.7 Å². The van der Waals surface area contributed by atoms with Crippen LogP contribution in [0, 0.1) is 5.92 Å². The SMILES string of the molecule is C=CC1C[C@@]1(NC(=O)[C@@H]1C[C@@H](Oc2cc(-c3ccccc3)nc3ccccc23)CN1C(=O)[C@H](C)NC(=O)OC(C)(C)C)C(=O)O. The normalized spacial score (nSPS) is 23.1. The maximum atomic E-state index is 13.7. The van der Waals surface area contributed by atoms with Gasteiger partial charge < -0.3 is 30.1 Å². The lowest BCUT2D eigenvalue weighted by atomic mass is 10.1. The van der Waals surface area contributed by atoms with E-state index in [0.29, 0.717) is 11.4 Å². The van der Waals surface area contributed by atoms with Crippen LogP contribution in [0.5, 0.6) is 5.75 Å². The molecule has 3 N–H and O–H groups in total. The Labute approximate surface area is 261 Å². The highest BCUT2D eigenvalue weighted by Crippen LogP contribution is 2.45. The van der Waals surface area contributed by atoms with Gasteiger partial charge in [-0.15, -0.1) is 6.58 Å². The molecular formula is C34H38N4O7. The number of pyridine rings is 1. The van der Waals surface area contributed by atoms with Crippen molar-refractivity contribution in [1.82, 2.24) is 20.5 Å². The standard InChI is InChI=1S/C34H38N4O7/c1-6-22-18-34(22,31(41)42)37-29(39)27-16-23(19-38(27)30(40)20(2)35-32(43)45-33(3,4)5)44-28-17-26(21-12-8-7-9-13-21)36-25-15-11-10-14-24(25)28/h6-15,17,20,22-23,27H,1,16,18-19H2,2-5H3,(H,35,43)(H,37,39)(H,41,42)/t20-,22?,23+,27-,34-/m0/s1. The Hall–Kier alpha value is -4.93. The molecule has 1 unspecified atom stereocenters. The lowest BCUT2D eigenvalue weighted by molar-refractivity contribution is -0.145. The summed E-state index contributed by atoms with van der Waals surface area (Å²) in [6.07, 6.45) is 0.416. The van der Waals surface area contributed by atoms with Crippen molar-refractivity contribution in [2.75, 3.05) is 6.54 Å². The van der Waals surface area contributed by atoms with Crippen molar-refractivity contribution in [2.24, 2.45) is 5.92 Å². The maximum Gasteiger partial charge on any atom is 0.408 e. The van der Waals surface area contributed by atoms with Crippen molar-refractivity contribution < 1.29 is 33.8 Å². The molecular weight excluding hydrogens is 576 g/mol. The van der Waals surface area contributed by atoms with Crippen molar-refractivity contribution in [3.63, 3.8) is 0 Å². The van der Waals surface area contributed by atoms with Gasteiger partial charge in [0.05, 0.1) is 17.8 Å². The number of nitrogens with one attached hydrogen (secondary N) is 2. The molecule has 2 heterocycles. The van der Waals surface area contributed by atoms with E-state index < -0.39 is 59.1 Å². The number of hydrogen-bond acceptors (Lipinski definition) is 7. The zero-order chi connectivity index (χ0) is 32.5. The van der Waals surface area contributed by atoms with E-state index in [0.717, 1.165) is 16.5 Å². The highest BCUT2D eigenvalue weighted by atomic mass is 16.6. The van der Waals surface area contributed by atoms with Crippen LogP contribution < -0.4 is 15.4 Å². The summed E-state index contributed by atoms with van der Waals surface area (Å²) < 4.78 is 11.8. The van der Waals surface area contributed by atoms with Gasteiger partial charge in [0.25, 0.3) is 0 Å². The topological polar surface area (TPSA) is 147 Å². The molecule has 11 heteroatoms. The van der Waals surface area contributed by atoms with Gasteiger partial charge in [-0.1, -0.05) is 48.5 Å². The number of nitrogens with zero attached hydrogens (tertiary/aromatic N) is 2. The van der Waals surface area contributed by atoms with Gasteiger partial charge in [0.15, 0.2) is 0 Å². The number of carboxylic acids is 1. The van der Waals surface area contributed by atoms with Crippen LogP contribution in [-0.2, 0) is 19.1 Å². The molecule has 11 nitrogen and oxygen atoms in total. The first-order chi connectivity index (χ1) is 21.3. The van der Waals surface area contributed by atoms with Crippen molar-refractivity contribution in [3.8, 4) is 17.0 Å². The Bertz CT molecular complexity index is 1640. The van der Waals surface area contributed by atoms with Crippen LogP contribution in [0.4, 0.5) is 4.79 Å². The molecule has 236 valence electrons. The number of para-hydroxylation sites is 1. The van der Waals surface area contributed by atoms with Crippen molar-refractivity contribution in [1.29, 1.82) is 0 Å². The Morgan fingerprint density at radius 1 is 1.11 bits per heavy atom. The minimum absolute atomic E-state index is 0.0273. The molecule has 45 heavy (non-hydrogen) atoms. The van der Waals surface area contributed by atoms with Gasteiger partial charge in [-0.3, -0.25) is 9.59 Å². The van der Waals surface area contributed by atoms with E-state index in [4.69, 9.17) is 14.5 Å². The molecule has 3 aromatic rings. The first-order valence-electron chi connectivity index (χ1n) is 14.9. The number of ether oxygens (including phenoxy) is 2. The number of amides is 3. The largest absolute Gasteiger partial charge is 0.488 e. The van der Waals surface area contributed by atoms with Gasteiger partial charge in [0.1, 0.15) is 35.1 Å². The first kappa shape index (κ1) is 31.5. The Morgan fingerprint density at radius 3 is 2.44 bits per heavy atom.